The summed E-state index contributed by atoms with van der Waals surface area (Å²) in [5.74, 6) is 0. The number of rotatable bonds is 10. The van der Waals surface area contributed by atoms with Crippen molar-refractivity contribution in [2.24, 2.45) is 0 Å². The van der Waals surface area contributed by atoms with E-state index in [0.29, 0.717) is 40.3 Å². The van der Waals surface area contributed by atoms with Crippen molar-refractivity contribution in [3.63, 3.8) is 0 Å². The van der Waals surface area contributed by atoms with Crippen molar-refractivity contribution >= 4 is 20.7 Å². The van der Waals surface area contributed by atoms with E-state index in [-0.39, 0.29) is 16.5 Å². The molecule has 3 aromatic carbocycles. The first-order valence-corrected chi connectivity index (χ1v) is 19.2. The number of benzene rings is 3. The summed E-state index contributed by atoms with van der Waals surface area (Å²) in [5, 5.41) is 15.2. The number of aliphatic hydroxyl groups is 1. The average Bonchev–Trinajstić information content (AvgIpc) is 3.11. The maximum Gasteiger partial charge on any atom is 0.416 e. The molecule has 4 aromatic rings. The van der Waals surface area contributed by atoms with E-state index in [1.54, 1.807) is 32.0 Å². The quantitative estimate of drug-likeness (QED) is 0.162. The van der Waals surface area contributed by atoms with Crippen molar-refractivity contribution in [1.82, 2.24) is 20.1 Å². The Balaban J connectivity index is 1.50. The van der Waals surface area contributed by atoms with Gasteiger partial charge in [-0.3, -0.25) is 10.2 Å². The number of pyridine rings is 1. The highest BCUT2D eigenvalue weighted by atomic mass is 32.2. The van der Waals surface area contributed by atoms with Gasteiger partial charge in [0.25, 0.3) is 0 Å². The molecule has 1 aromatic heterocycles. The van der Waals surface area contributed by atoms with Crippen LogP contribution in [0.1, 0.15) is 87.4 Å². The van der Waals surface area contributed by atoms with Crippen LogP contribution < -0.4 is 5.32 Å². The van der Waals surface area contributed by atoms with Gasteiger partial charge in [0.2, 0.25) is 0 Å². The Hall–Kier alpha value is -3.35. The van der Waals surface area contributed by atoms with Gasteiger partial charge < -0.3 is 10.0 Å². The fourth-order valence-electron chi connectivity index (χ4n) is 7.42. The SMILES string of the molecule is CC(C)S(=O)(=O)c1ccc2nc(-c3cccc(C(F)(F)F)c3)c(CN3CCC(N4CCCCC4)CC3)c(C(O)N[C@@H](C)c3ccccc3)c2c1. The standard InChI is InChI=1S/C39H47F3N4O3S/c1-26(2)50(48,49)32-15-16-35-33(24-32)36(38(47)43-27(3)28-11-6-4-7-12-28)34(37(44-35)29-13-10-14-30(23-29)39(40,41)42)25-45-21-17-31(18-22-45)46-19-8-5-9-20-46/h4,6-7,10-16,23-24,26-27,31,38,43,47H,5,8-9,17-22,25H2,1-3H3/t27-,38?/m0/s1. The second-order valence-electron chi connectivity index (χ2n) is 14.0. The molecule has 2 atom stereocenters. The van der Waals surface area contributed by atoms with E-state index in [1.807, 2.05) is 37.3 Å². The zero-order valence-corrected chi connectivity index (χ0v) is 29.8. The van der Waals surface area contributed by atoms with Crippen molar-refractivity contribution in [1.29, 1.82) is 0 Å². The van der Waals surface area contributed by atoms with Gasteiger partial charge in [-0.25, -0.2) is 13.4 Å². The van der Waals surface area contributed by atoms with E-state index in [9.17, 15) is 26.7 Å². The lowest BCUT2D eigenvalue weighted by Crippen LogP contribution is -2.46. The molecule has 0 radical (unpaired) electrons. The van der Waals surface area contributed by atoms with Gasteiger partial charge in [0.05, 0.1) is 26.9 Å². The first-order chi connectivity index (χ1) is 23.8. The minimum absolute atomic E-state index is 0.103. The van der Waals surface area contributed by atoms with E-state index in [4.69, 9.17) is 4.98 Å². The summed E-state index contributed by atoms with van der Waals surface area (Å²) < 4.78 is 68.8. The van der Waals surface area contributed by atoms with Gasteiger partial charge in [-0.05, 0) is 109 Å². The molecule has 2 aliphatic rings. The molecule has 2 fully saturated rings. The molecular formula is C39H47F3N4O3S. The molecule has 6 rings (SSSR count). The predicted octanol–water partition coefficient (Wildman–Crippen LogP) is 7.89. The van der Waals surface area contributed by atoms with Crippen molar-refractivity contribution in [3.05, 3.63) is 95.1 Å². The summed E-state index contributed by atoms with van der Waals surface area (Å²) in [6, 6.07) is 19.6. The molecular weight excluding hydrogens is 662 g/mol. The topological polar surface area (TPSA) is 85.8 Å². The zero-order chi connectivity index (χ0) is 35.6. The van der Waals surface area contributed by atoms with Crippen LogP contribution in [0.5, 0.6) is 0 Å². The van der Waals surface area contributed by atoms with Crippen LogP contribution in [0.3, 0.4) is 0 Å². The van der Waals surface area contributed by atoms with Gasteiger partial charge in [-0.1, -0.05) is 48.9 Å². The first-order valence-electron chi connectivity index (χ1n) is 17.7. The van der Waals surface area contributed by atoms with Gasteiger partial charge in [-0.15, -0.1) is 0 Å². The lowest BCUT2D eigenvalue weighted by Gasteiger charge is -2.40. The smallest absolute Gasteiger partial charge is 0.374 e. The lowest BCUT2D eigenvalue weighted by atomic mass is 9.93. The molecule has 0 saturated carbocycles. The fraction of sp³-hybridized carbons (Fsp3) is 0.462. The Bertz CT molecular complexity index is 1890. The number of aliphatic hydroxyl groups excluding tert-OH is 1. The van der Waals surface area contributed by atoms with E-state index in [1.165, 1.54) is 31.4 Å². The third-order valence-electron chi connectivity index (χ3n) is 10.3. The normalized spacial score (nSPS) is 18.5. The molecule has 2 aliphatic heterocycles. The number of aromatic nitrogens is 1. The second-order valence-corrected chi connectivity index (χ2v) is 16.5. The molecule has 0 amide bonds. The highest BCUT2D eigenvalue weighted by Gasteiger charge is 2.33. The molecule has 2 N–H and O–H groups in total. The fourth-order valence-corrected chi connectivity index (χ4v) is 8.50. The van der Waals surface area contributed by atoms with Crippen LogP contribution in [-0.4, -0.2) is 65.8 Å². The van der Waals surface area contributed by atoms with Crippen LogP contribution in [-0.2, 0) is 22.6 Å². The lowest BCUT2D eigenvalue weighted by molar-refractivity contribution is -0.137. The molecule has 0 aliphatic carbocycles. The number of nitrogens with one attached hydrogen (secondary N) is 1. The number of alkyl halides is 3. The summed E-state index contributed by atoms with van der Waals surface area (Å²) >= 11 is 0. The molecule has 0 spiro atoms. The number of hydrogen-bond acceptors (Lipinski definition) is 7. The van der Waals surface area contributed by atoms with Crippen LogP contribution in [0.2, 0.25) is 0 Å². The van der Waals surface area contributed by atoms with Crippen LogP contribution in [0, 0.1) is 0 Å². The maximum absolute atomic E-state index is 14.0. The van der Waals surface area contributed by atoms with Crippen LogP contribution in [0.4, 0.5) is 13.2 Å². The Morgan fingerprint density at radius 1 is 0.900 bits per heavy atom. The van der Waals surface area contributed by atoms with Crippen molar-refractivity contribution in [2.45, 2.75) is 94.1 Å². The number of nitrogens with zero attached hydrogens (tertiary/aromatic N) is 3. The average molecular weight is 709 g/mol. The number of fused-ring (bicyclic) bond motifs is 1. The molecule has 3 heterocycles. The molecule has 11 heteroatoms. The molecule has 7 nitrogen and oxygen atoms in total. The molecule has 2 saturated heterocycles. The van der Waals surface area contributed by atoms with Crippen molar-refractivity contribution in [2.75, 3.05) is 26.2 Å². The Kier molecular flexibility index (Phi) is 11.0. The monoisotopic (exact) mass is 708 g/mol. The third-order valence-corrected chi connectivity index (χ3v) is 12.5. The molecule has 50 heavy (non-hydrogen) atoms. The van der Waals surface area contributed by atoms with Gasteiger partial charge in [-0.2, -0.15) is 13.2 Å². The maximum atomic E-state index is 14.0. The minimum atomic E-state index is -4.56. The highest BCUT2D eigenvalue weighted by Crippen LogP contribution is 2.39. The predicted molar refractivity (Wildman–Crippen MR) is 191 cm³/mol. The largest absolute Gasteiger partial charge is 0.416 e. The first kappa shape index (κ1) is 36.4. The third kappa shape index (κ3) is 7.92. The van der Waals surface area contributed by atoms with Crippen LogP contribution >= 0.6 is 0 Å². The summed E-state index contributed by atoms with van der Waals surface area (Å²) in [6.07, 6.45) is -0.210. The number of halogens is 3. The van der Waals surface area contributed by atoms with Crippen molar-refractivity contribution < 1.29 is 26.7 Å². The van der Waals surface area contributed by atoms with Gasteiger partial charge in [0.15, 0.2) is 9.84 Å². The Morgan fingerprint density at radius 2 is 1.60 bits per heavy atom. The molecule has 268 valence electrons. The number of piperidine rings is 2. The van der Waals surface area contributed by atoms with Crippen LogP contribution in [0.15, 0.2) is 77.7 Å². The number of sulfone groups is 1. The summed E-state index contributed by atoms with van der Waals surface area (Å²) in [6.45, 7) is 9.29. The van der Waals surface area contributed by atoms with Gasteiger partial charge in [0, 0.05) is 40.7 Å². The van der Waals surface area contributed by atoms with Crippen LogP contribution in [0.25, 0.3) is 22.2 Å². The second kappa shape index (κ2) is 15.1. The zero-order valence-electron chi connectivity index (χ0n) is 29.0. The molecule has 1 unspecified atom stereocenters. The number of likely N-dealkylation sites (tertiary alicyclic amines) is 2. The Morgan fingerprint density at radius 3 is 2.26 bits per heavy atom. The summed E-state index contributed by atoms with van der Waals surface area (Å²) in [7, 11) is -3.69. The summed E-state index contributed by atoms with van der Waals surface area (Å²) in [4.78, 5) is 9.91. The van der Waals surface area contributed by atoms with E-state index in [0.717, 1.165) is 56.7 Å². The minimum Gasteiger partial charge on any atom is -0.374 e. The van der Waals surface area contributed by atoms with Crippen molar-refractivity contribution in [3.8, 4) is 11.3 Å². The van der Waals surface area contributed by atoms with Gasteiger partial charge >= 0.3 is 6.18 Å². The number of hydrogen-bond donors (Lipinski definition) is 2. The highest BCUT2D eigenvalue weighted by molar-refractivity contribution is 7.92. The van der Waals surface area contributed by atoms with Gasteiger partial charge in [0.1, 0.15) is 6.23 Å². The van der Waals surface area contributed by atoms with E-state index < -0.39 is 33.1 Å². The summed E-state index contributed by atoms with van der Waals surface area (Å²) in [5.41, 5.74) is 2.15. The molecule has 0 bridgehead atoms. The Labute approximate surface area is 293 Å². The van der Waals surface area contributed by atoms with E-state index >= 15 is 0 Å². The van der Waals surface area contributed by atoms with E-state index in [2.05, 4.69) is 15.1 Å².